The number of hydrogen-bond donors (Lipinski definition) is 2. The van der Waals surface area contributed by atoms with Gasteiger partial charge in [0.1, 0.15) is 5.82 Å². The summed E-state index contributed by atoms with van der Waals surface area (Å²) in [5, 5.41) is 15.7. The number of nitro groups is 1. The highest BCUT2D eigenvalue weighted by Gasteiger charge is 2.25. The lowest BCUT2D eigenvalue weighted by Crippen LogP contribution is -2.35. The van der Waals surface area contributed by atoms with Gasteiger partial charge in [0.05, 0.1) is 16.7 Å². The number of nitrogens with one attached hydrogen (secondary N) is 2. The van der Waals surface area contributed by atoms with Crippen molar-refractivity contribution in [3.63, 3.8) is 0 Å². The van der Waals surface area contributed by atoms with E-state index in [-0.39, 0.29) is 0 Å². The van der Waals surface area contributed by atoms with Gasteiger partial charge in [-0.05, 0) is 19.4 Å². The van der Waals surface area contributed by atoms with Crippen LogP contribution in [0.25, 0.3) is 0 Å². The van der Waals surface area contributed by atoms with E-state index < -0.39 is 39.9 Å². The minimum Gasteiger partial charge on any atom is -0.322 e. The summed E-state index contributed by atoms with van der Waals surface area (Å²) in [5.74, 6) is -2.81. The number of carbonyl (C=O) groups excluding carboxylic acids is 1. The van der Waals surface area contributed by atoms with Crippen LogP contribution in [0.5, 0.6) is 0 Å². The Labute approximate surface area is 106 Å². The Morgan fingerprint density at radius 1 is 1.42 bits per heavy atom. The zero-order valence-electron chi connectivity index (χ0n) is 9.78. The molecule has 0 saturated carbocycles. The van der Waals surface area contributed by atoms with E-state index in [0.717, 1.165) is 6.42 Å². The van der Waals surface area contributed by atoms with Gasteiger partial charge in [0.25, 0.3) is 0 Å². The molecule has 2 rings (SSSR count). The van der Waals surface area contributed by atoms with Crippen molar-refractivity contribution in [3.05, 3.63) is 33.9 Å². The number of nitro benzene ring substituents is 1. The molecule has 0 aliphatic carbocycles. The molecule has 1 heterocycles. The quantitative estimate of drug-likeness (QED) is 0.645. The highest BCUT2D eigenvalue weighted by molar-refractivity contribution is 5.95. The third kappa shape index (κ3) is 2.84. The summed E-state index contributed by atoms with van der Waals surface area (Å²) < 4.78 is 26.6. The highest BCUT2D eigenvalue weighted by atomic mass is 19.1. The molecule has 1 fully saturated rings. The lowest BCUT2D eigenvalue weighted by atomic mass is 10.2. The molecule has 1 amide bonds. The maximum absolute atomic E-state index is 13.4. The average Bonchev–Trinajstić information content (AvgIpc) is 2.85. The summed E-state index contributed by atoms with van der Waals surface area (Å²) in [5.41, 5.74) is -1.28. The van der Waals surface area contributed by atoms with Crippen LogP contribution in [0, 0.1) is 21.7 Å². The third-order valence-electron chi connectivity index (χ3n) is 2.87. The molecule has 0 bridgehead atoms. The number of benzene rings is 1. The van der Waals surface area contributed by atoms with Crippen molar-refractivity contribution < 1.29 is 18.5 Å². The Hall–Kier alpha value is -2.09. The van der Waals surface area contributed by atoms with E-state index in [1.54, 1.807) is 0 Å². The second-order valence-corrected chi connectivity index (χ2v) is 4.18. The van der Waals surface area contributed by atoms with Crippen molar-refractivity contribution in [1.29, 1.82) is 0 Å². The number of nitrogens with zero attached hydrogens (tertiary/aromatic N) is 1. The van der Waals surface area contributed by atoms with E-state index in [1.807, 2.05) is 0 Å². The Bertz CT molecular complexity index is 530. The van der Waals surface area contributed by atoms with Crippen LogP contribution in [0.4, 0.5) is 20.2 Å². The first-order valence-electron chi connectivity index (χ1n) is 5.66. The van der Waals surface area contributed by atoms with Crippen LogP contribution < -0.4 is 10.6 Å². The summed E-state index contributed by atoms with van der Waals surface area (Å²) in [7, 11) is 0. The fourth-order valence-corrected chi connectivity index (χ4v) is 1.90. The third-order valence-corrected chi connectivity index (χ3v) is 2.87. The molecule has 1 aliphatic heterocycles. The van der Waals surface area contributed by atoms with Crippen molar-refractivity contribution >= 4 is 17.3 Å². The largest absolute Gasteiger partial charge is 0.322 e. The first-order valence-corrected chi connectivity index (χ1v) is 5.66. The van der Waals surface area contributed by atoms with Crippen LogP contribution in [-0.2, 0) is 4.79 Å². The van der Waals surface area contributed by atoms with Gasteiger partial charge in [-0.1, -0.05) is 0 Å². The van der Waals surface area contributed by atoms with Crippen LogP contribution in [0.15, 0.2) is 12.1 Å². The van der Waals surface area contributed by atoms with Crippen LogP contribution >= 0.6 is 0 Å². The van der Waals surface area contributed by atoms with Crippen molar-refractivity contribution in [1.82, 2.24) is 5.32 Å². The Morgan fingerprint density at radius 3 is 2.74 bits per heavy atom. The normalized spacial score (nSPS) is 18.3. The lowest BCUT2D eigenvalue weighted by molar-refractivity contribution is -0.387. The maximum atomic E-state index is 13.4. The van der Waals surface area contributed by atoms with Gasteiger partial charge in [-0.15, -0.1) is 0 Å². The molecule has 1 aromatic rings. The molecule has 0 unspecified atom stereocenters. The van der Waals surface area contributed by atoms with Crippen molar-refractivity contribution in [2.24, 2.45) is 0 Å². The molecule has 0 spiro atoms. The standard InChI is InChI=1S/C11H11F2N3O3/c12-6-4-7(13)10(16(18)19)5-9(6)15-11(17)8-2-1-3-14-8/h4-5,8,14H,1-3H2,(H,15,17)/t8-/m1/s1. The molecule has 0 aromatic heterocycles. The lowest BCUT2D eigenvalue weighted by Gasteiger charge is -2.11. The Balaban J connectivity index is 2.21. The molecule has 1 aliphatic rings. The first kappa shape index (κ1) is 13.3. The fraction of sp³-hybridized carbons (Fsp3) is 0.364. The van der Waals surface area contributed by atoms with Gasteiger partial charge in [0, 0.05) is 12.1 Å². The second-order valence-electron chi connectivity index (χ2n) is 4.18. The van der Waals surface area contributed by atoms with Gasteiger partial charge >= 0.3 is 5.69 Å². The number of rotatable bonds is 3. The van der Waals surface area contributed by atoms with Gasteiger partial charge in [-0.3, -0.25) is 14.9 Å². The van der Waals surface area contributed by atoms with E-state index in [9.17, 15) is 23.7 Å². The molecule has 1 saturated heterocycles. The predicted octanol–water partition coefficient (Wildman–Crippen LogP) is 1.56. The summed E-state index contributed by atoms with van der Waals surface area (Å²) in [6, 6.07) is 0.608. The molecule has 102 valence electrons. The highest BCUT2D eigenvalue weighted by Crippen LogP contribution is 2.25. The van der Waals surface area contributed by atoms with Gasteiger partial charge in [-0.25, -0.2) is 4.39 Å². The molecular formula is C11H11F2N3O3. The van der Waals surface area contributed by atoms with Crippen molar-refractivity contribution in [2.45, 2.75) is 18.9 Å². The van der Waals surface area contributed by atoms with Gasteiger partial charge in [0.15, 0.2) is 0 Å². The summed E-state index contributed by atoms with van der Waals surface area (Å²) in [6.07, 6.45) is 1.43. The number of carbonyl (C=O) groups is 1. The first-order chi connectivity index (χ1) is 8.99. The van der Waals surface area contributed by atoms with E-state index in [0.29, 0.717) is 25.1 Å². The van der Waals surface area contributed by atoms with Crippen LogP contribution in [0.3, 0.4) is 0 Å². The molecule has 19 heavy (non-hydrogen) atoms. The van der Waals surface area contributed by atoms with Gasteiger partial charge in [-0.2, -0.15) is 4.39 Å². The molecule has 1 atom stereocenters. The minimum atomic E-state index is -1.28. The smallest absolute Gasteiger partial charge is 0.307 e. The monoisotopic (exact) mass is 271 g/mol. The Morgan fingerprint density at radius 2 is 2.16 bits per heavy atom. The maximum Gasteiger partial charge on any atom is 0.307 e. The van der Waals surface area contributed by atoms with E-state index in [4.69, 9.17) is 0 Å². The molecule has 1 aromatic carbocycles. The van der Waals surface area contributed by atoms with E-state index >= 15 is 0 Å². The van der Waals surface area contributed by atoms with E-state index in [2.05, 4.69) is 10.6 Å². The predicted molar refractivity (Wildman–Crippen MR) is 62.7 cm³/mol. The SMILES string of the molecule is O=C(Nc1cc([N+](=O)[O-])c(F)cc1F)[C@H]1CCCN1. The summed E-state index contributed by atoms with van der Waals surface area (Å²) >= 11 is 0. The second kappa shape index (κ2) is 5.27. The molecular weight excluding hydrogens is 260 g/mol. The zero-order valence-corrected chi connectivity index (χ0v) is 9.78. The van der Waals surface area contributed by atoms with Crippen LogP contribution in [0.2, 0.25) is 0 Å². The number of hydrogen-bond acceptors (Lipinski definition) is 4. The number of amides is 1. The van der Waals surface area contributed by atoms with Crippen molar-refractivity contribution in [2.75, 3.05) is 11.9 Å². The molecule has 8 heteroatoms. The number of anilines is 1. The topological polar surface area (TPSA) is 84.3 Å². The minimum absolute atomic E-state index is 0.385. The molecule has 6 nitrogen and oxygen atoms in total. The Kier molecular flexibility index (Phi) is 3.70. The number of halogens is 2. The van der Waals surface area contributed by atoms with E-state index in [1.165, 1.54) is 0 Å². The van der Waals surface area contributed by atoms with Crippen molar-refractivity contribution in [3.8, 4) is 0 Å². The van der Waals surface area contributed by atoms with Crippen LogP contribution in [-0.4, -0.2) is 23.4 Å². The van der Waals surface area contributed by atoms with Crippen LogP contribution in [0.1, 0.15) is 12.8 Å². The average molecular weight is 271 g/mol. The zero-order chi connectivity index (χ0) is 14.0. The molecule has 0 radical (unpaired) electrons. The van der Waals surface area contributed by atoms with Gasteiger partial charge < -0.3 is 10.6 Å². The molecule has 2 N–H and O–H groups in total. The summed E-state index contributed by atoms with van der Waals surface area (Å²) in [4.78, 5) is 21.3. The van der Waals surface area contributed by atoms with Gasteiger partial charge in [0.2, 0.25) is 11.7 Å². The fourth-order valence-electron chi connectivity index (χ4n) is 1.90. The summed E-state index contributed by atoms with van der Waals surface area (Å²) in [6.45, 7) is 0.685.